The SMILES string of the molecule is O=C(Oc1c2cccc1Cc1cccc(c1OC(=O)c1ccccc1)Cc1cccc(c1OC(=O)c1ccccc1)Cc1cccc(c1OC(=O)c1ccccc1)Cc1cccc(c1OC(=O)c1ccccc1)C2)c1ccccc1. The van der Waals surface area contributed by atoms with Crippen molar-refractivity contribution in [3.05, 3.63) is 326 Å². The summed E-state index contributed by atoms with van der Waals surface area (Å²) in [5.41, 5.74) is 7.55. The van der Waals surface area contributed by atoms with E-state index >= 15 is 0 Å². The van der Waals surface area contributed by atoms with Gasteiger partial charge in [0.05, 0.1) is 27.8 Å². The fourth-order valence-electron chi connectivity index (χ4n) is 9.89. The molecular formula is C70H50O10. The van der Waals surface area contributed by atoms with Crippen molar-refractivity contribution in [2.75, 3.05) is 0 Å². The molecule has 80 heavy (non-hydrogen) atoms. The van der Waals surface area contributed by atoms with E-state index in [9.17, 15) is 24.0 Å². The first-order valence-electron chi connectivity index (χ1n) is 26.1. The van der Waals surface area contributed by atoms with E-state index in [-0.39, 0.29) is 60.9 Å². The number of fused-ring (bicyclic) bond motifs is 10. The molecule has 10 heteroatoms. The van der Waals surface area contributed by atoms with E-state index in [4.69, 9.17) is 23.7 Å². The van der Waals surface area contributed by atoms with Crippen LogP contribution >= 0.6 is 0 Å². The standard InChI is InChI=1S/C70H50O10/c71-66(46-21-6-1-7-22-46)76-61-51-31-16-32-52(61)42-54-34-18-36-56(63(54)78-68(73)48-25-10-3-11-26-48)44-58-38-20-40-60(65(58)80-70(75)50-29-14-5-15-30-50)45-59-39-19-37-57(64(59)79-69(74)49-27-12-4-13-28-49)43-55-35-17-33-53(41-51)62(55)77-67(72)47-23-8-2-9-24-47/h1-40H,41-45H2. The fourth-order valence-corrected chi connectivity index (χ4v) is 9.89. The first-order valence-corrected chi connectivity index (χ1v) is 26.1. The maximum atomic E-state index is 14.3. The van der Waals surface area contributed by atoms with Crippen LogP contribution in [0, 0.1) is 0 Å². The highest BCUT2D eigenvalue weighted by molar-refractivity contribution is 5.94. The maximum absolute atomic E-state index is 14.3. The molecular weight excluding hydrogens is 1000 g/mol. The number of carbonyl (C=O) groups is 5. The Morgan fingerprint density at radius 3 is 0.463 bits per heavy atom. The Morgan fingerprint density at radius 1 is 0.188 bits per heavy atom. The van der Waals surface area contributed by atoms with Gasteiger partial charge < -0.3 is 23.7 Å². The molecule has 0 atom stereocenters. The molecule has 10 aromatic rings. The van der Waals surface area contributed by atoms with Crippen molar-refractivity contribution >= 4 is 29.8 Å². The quantitative estimate of drug-likeness (QED) is 0.0963. The molecule has 0 aliphatic heterocycles. The van der Waals surface area contributed by atoms with E-state index in [2.05, 4.69) is 0 Å². The van der Waals surface area contributed by atoms with E-state index in [0.717, 1.165) is 0 Å². The van der Waals surface area contributed by atoms with E-state index < -0.39 is 29.8 Å². The van der Waals surface area contributed by atoms with Gasteiger partial charge in [0, 0.05) is 32.1 Å². The van der Waals surface area contributed by atoms with Crippen molar-refractivity contribution in [3.63, 3.8) is 0 Å². The normalized spacial score (nSPS) is 11.8. The molecule has 0 N–H and O–H groups in total. The second kappa shape index (κ2) is 23.8. The van der Waals surface area contributed by atoms with Gasteiger partial charge in [-0.05, 0) is 116 Å². The Balaban J connectivity index is 1.15. The molecule has 0 heterocycles. The van der Waals surface area contributed by atoms with Crippen molar-refractivity contribution in [3.8, 4) is 28.7 Å². The summed E-state index contributed by atoms with van der Waals surface area (Å²) in [5.74, 6) is -1.69. The van der Waals surface area contributed by atoms with Crippen LogP contribution in [0.15, 0.2) is 243 Å². The molecule has 10 nitrogen and oxygen atoms in total. The summed E-state index contributed by atoms with van der Waals surface area (Å²) in [6.45, 7) is 0. The minimum absolute atomic E-state index is 0.126. The van der Waals surface area contributed by atoms with Crippen LogP contribution in [-0.4, -0.2) is 29.8 Å². The average Bonchev–Trinajstić information content (AvgIpc) is 3.50. The third-order valence-corrected chi connectivity index (χ3v) is 13.8. The van der Waals surface area contributed by atoms with Crippen molar-refractivity contribution in [2.45, 2.75) is 32.1 Å². The van der Waals surface area contributed by atoms with Crippen molar-refractivity contribution in [1.82, 2.24) is 0 Å². The number of esters is 5. The maximum Gasteiger partial charge on any atom is 0.343 e. The van der Waals surface area contributed by atoms with Crippen molar-refractivity contribution in [2.24, 2.45) is 0 Å². The topological polar surface area (TPSA) is 132 Å². The first-order chi connectivity index (χ1) is 39.2. The van der Waals surface area contributed by atoms with Gasteiger partial charge in [-0.3, -0.25) is 0 Å². The van der Waals surface area contributed by atoms with E-state index in [1.54, 1.807) is 121 Å². The molecule has 10 bridgehead atoms. The summed E-state index contributed by atoms with van der Waals surface area (Å²) < 4.78 is 32.4. The fraction of sp³-hybridized carbons (Fsp3) is 0.0714. The van der Waals surface area contributed by atoms with Crippen LogP contribution in [0.25, 0.3) is 0 Å². The largest absolute Gasteiger partial charge is 0.422 e. The van der Waals surface area contributed by atoms with Gasteiger partial charge in [-0.15, -0.1) is 0 Å². The Kier molecular flexibility index (Phi) is 15.4. The van der Waals surface area contributed by atoms with Gasteiger partial charge >= 0.3 is 29.8 Å². The number of ether oxygens (including phenoxy) is 5. The molecule has 0 saturated heterocycles. The molecule has 0 aromatic heterocycles. The molecule has 0 radical (unpaired) electrons. The average molecular weight is 1050 g/mol. The molecule has 0 saturated carbocycles. The highest BCUT2D eigenvalue weighted by atomic mass is 16.6. The second-order valence-corrected chi connectivity index (χ2v) is 19.2. The van der Waals surface area contributed by atoms with Crippen molar-refractivity contribution < 1.29 is 47.7 Å². The lowest BCUT2D eigenvalue weighted by molar-refractivity contribution is 0.0721. The zero-order valence-corrected chi connectivity index (χ0v) is 43.2. The van der Waals surface area contributed by atoms with E-state index in [1.165, 1.54) is 0 Å². The Bertz CT molecular complexity index is 3220. The van der Waals surface area contributed by atoms with Gasteiger partial charge in [0.25, 0.3) is 0 Å². The lowest BCUT2D eigenvalue weighted by atomic mass is 9.91. The number of hydrogen-bond acceptors (Lipinski definition) is 10. The Hall–Kier alpha value is -10.5. The van der Waals surface area contributed by atoms with Crippen LogP contribution in [0.1, 0.15) is 107 Å². The third kappa shape index (κ3) is 11.8. The van der Waals surface area contributed by atoms with Crippen LogP contribution in [0.2, 0.25) is 0 Å². The number of para-hydroxylation sites is 5. The highest BCUT2D eigenvalue weighted by Gasteiger charge is 2.27. The predicted octanol–water partition coefficient (Wildman–Crippen LogP) is 14.0. The Labute approximate surface area is 462 Å². The third-order valence-electron chi connectivity index (χ3n) is 13.8. The molecule has 11 rings (SSSR count). The minimum Gasteiger partial charge on any atom is -0.422 e. The lowest BCUT2D eigenvalue weighted by Gasteiger charge is -2.21. The molecule has 390 valence electrons. The lowest BCUT2D eigenvalue weighted by Crippen LogP contribution is -2.15. The first kappa shape index (κ1) is 51.6. The zero-order chi connectivity index (χ0) is 54.8. The predicted molar refractivity (Wildman–Crippen MR) is 303 cm³/mol. The molecule has 1 aliphatic carbocycles. The Morgan fingerprint density at radius 2 is 0.325 bits per heavy atom. The van der Waals surface area contributed by atoms with E-state index in [0.29, 0.717) is 83.5 Å². The molecule has 0 fully saturated rings. The van der Waals surface area contributed by atoms with Crippen LogP contribution < -0.4 is 23.7 Å². The van der Waals surface area contributed by atoms with Crippen molar-refractivity contribution in [1.29, 1.82) is 0 Å². The zero-order valence-electron chi connectivity index (χ0n) is 43.2. The van der Waals surface area contributed by atoms with Crippen LogP contribution in [-0.2, 0) is 32.1 Å². The molecule has 1 aliphatic rings. The van der Waals surface area contributed by atoms with Gasteiger partial charge in [0.1, 0.15) is 28.7 Å². The summed E-state index contributed by atoms with van der Waals surface area (Å²) in [4.78, 5) is 71.4. The smallest absolute Gasteiger partial charge is 0.343 e. The summed E-state index contributed by atoms with van der Waals surface area (Å²) in [7, 11) is 0. The summed E-state index contributed by atoms with van der Waals surface area (Å²) >= 11 is 0. The minimum atomic E-state index is -0.599. The van der Waals surface area contributed by atoms with Crippen LogP contribution in [0.3, 0.4) is 0 Å². The van der Waals surface area contributed by atoms with E-state index in [1.807, 2.05) is 121 Å². The molecule has 0 spiro atoms. The number of carbonyl (C=O) groups excluding carboxylic acids is 5. The summed E-state index contributed by atoms with van der Waals surface area (Å²) in [6.07, 6.45) is 0.632. The monoisotopic (exact) mass is 1050 g/mol. The number of benzene rings is 10. The van der Waals surface area contributed by atoms with Gasteiger partial charge in [-0.25, -0.2) is 24.0 Å². The van der Waals surface area contributed by atoms with Gasteiger partial charge in [-0.1, -0.05) is 182 Å². The summed E-state index contributed by atoms with van der Waals surface area (Å²) in [5, 5.41) is 0. The van der Waals surface area contributed by atoms with Gasteiger partial charge in [0.2, 0.25) is 0 Å². The molecule has 0 amide bonds. The van der Waals surface area contributed by atoms with Crippen LogP contribution in [0.5, 0.6) is 28.7 Å². The summed E-state index contributed by atoms with van der Waals surface area (Å²) in [6, 6.07) is 71.4. The molecule has 0 unspecified atom stereocenters. The number of hydrogen-bond donors (Lipinski definition) is 0. The second-order valence-electron chi connectivity index (χ2n) is 19.2. The van der Waals surface area contributed by atoms with Crippen LogP contribution in [0.4, 0.5) is 0 Å². The van der Waals surface area contributed by atoms with Gasteiger partial charge in [0.15, 0.2) is 0 Å². The molecule has 10 aromatic carbocycles. The number of rotatable bonds is 10. The van der Waals surface area contributed by atoms with Gasteiger partial charge in [-0.2, -0.15) is 0 Å². The highest BCUT2D eigenvalue weighted by Crippen LogP contribution is 2.41.